The molecule has 0 saturated carbocycles. The Balaban J connectivity index is 0.00000220. The van der Waals surface area contributed by atoms with Crippen molar-refractivity contribution in [2.75, 3.05) is 31.6 Å². The first-order valence-electron chi connectivity index (χ1n) is 6.62. The van der Waals surface area contributed by atoms with E-state index in [4.69, 9.17) is 10.5 Å². The molecule has 6 nitrogen and oxygen atoms in total. The number of halogens is 1. The Morgan fingerprint density at radius 2 is 1.90 bits per heavy atom. The molecule has 1 aliphatic rings. The van der Waals surface area contributed by atoms with Gasteiger partial charge >= 0.3 is 0 Å². The van der Waals surface area contributed by atoms with Crippen LogP contribution in [0.3, 0.4) is 0 Å². The van der Waals surface area contributed by atoms with Gasteiger partial charge in [0.05, 0.1) is 30.5 Å². The Morgan fingerprint density at radius 1 is 1.29 bits per heavy atom. The third kappa shape index (κ3) is 4.42. The third-order valence-electron chi connectivity index (χ3n) is 3.13. The van der Waals surface area contributed by atoms with E-state index in [9.17, 15) is 9.59 Å². The van der Waals surface area contributed by atoms with Gasteiger partial charge in [0.1, 0.15) is 0 Å². The Morgan fingerprint density at radius 3 is 2.52 bits per heavy atom. The summed E-state index contributed by atoms with van der Waals surface area (Å²) >= 11 is 0. The molecule has 1 atom stereocenters. The maximum absolute atomic E-state index is 12.5. The number of hydrogen-bond acceptors (Lipinski definition) is 4. The number of ether oxygens (including phenoxy) is 1. The molecule has 21 heavy (non-hydrogen) atoms. The third-order valence-corrected chi connectivity index (χ3v) is 3.13. The van der Waals surface area contributed by atoms with Crippen LogP contribution in [-0.2, 0) is 9.53 Å². The lowest BCUT2D eigenvalue weighted by atomic mass is 10.1. The maximum atomic E-state index is 12.5. The van der Waals surface area contributed by atoms with Gasteiger partial charge in [-0.15, -0.1) is 12.4 Å². The first kappa shape index (κ1) is 17.4. The number of hydrogen-bond donors (Lipinski definition) is 2. The first-order chi connectivity index (χ1) is 9.59. The predicted molar refractivity (Wildman–Crippen MR) is 82.7 cm³/mol. The zero-order valence-corrected chi connectivity index (χ0v) is 12.7. The van der Waals surface area contributed by atoms with E-state index in [1.165, 1.54) is 0 Å². The molecule has 0 bridgehead atoms. The van der Waals surface area contributed by atoms with Crippen LogP contribution in [0, 0.1) is 0 Å². The van der Waals surface area contributed by atoms with Crippen molar-refractivity contribution in [3.8, 4) is 0 Å². The van der Waals surface area contributed by atoms with Crippen LogP contribution in [0.2, 0.25) is 0 Å². The van der Waals surface area contributed by atoms with Crippen molar-refractivity contribution in [3.63, 3.8) is 0 Å². The second-order valence-corrected chi connectivity index (χ2v) is 4.73. The summed E-state index contributed by atoms with van der Waals surface area (Å²) in [4.78, 5) is 25.9. The highest BCUT2D eigenvalue weighted by Gasteiger charge is 2.21. The number of nitrogens with zero attached hydrogens (tertiary/aromatic N) is 1. The summed E-state index contributed by atoms with van der Waals surface area (Å²) in [6.07, 6.45) is 0. The summed E-state index contributed by atoms with van der Waals surface area (Å²) in [5.41, 5.74) is 6.50. The molecule has 0 spiro atoms. The van der Waals surface area contributed by atoms with Gasteiger partial charge in [-0.2, -0.15) is 0 Å². The molecule has 0 unspecified atom stereocenters. The Bertz CT molecular complexity index is 502. The fourth-order valence-corrected chi connectivity index (χ4v) is 1.96. The maximum Gasteiger partial charge on any atom is 0.256 e. The molecule has 2 amide bonds. The van der Waals surface area contributed by atoms with Gasteiger partial charge in [-0.25, -0.2) is 0 Å². The number of para-hydroxylation sites is 1. The van der Waals surface area contributed by atoms with E-state index in [-0.39, 0.29) is 24.2 Å². The highest BCUT2D eigenvalue weighted by molar-refractivity contribution is 6.04. The molecule has 1 aliphatic heterocycles. The lowest BCUT2D eigenvalue weighted by Gasteiger charge is -2.27. The van der Waals surface area contributed by atoms with Crippen LogP contribution in [0.25, 0.3) is 0 Å². The molecule has 1 aromatic carbocycles. The van der Waals surface area contributed by atoms with Crippen LogP contribution in [0.4, 0.5) is 5.69 Å². The standard InChI is InChI=1S/C14H19N3O3.ClH/c1-10(15)13(18)16-12-5-3-2-4-11(12)14(19)17-6-8-20-9-7-17;/h2-5,10H,6-9,15H2,1H3,(H,16,18);1H/t10-;/m0./s1. The van der Waals surface area contributed by atoms with E-state index >= 15 is 0 Å². The van der Waals surface area contributed by atoms with Crippen LogP contribution in [0.5, 0.6) is 0 Å². The fourth-order valence-electron chi connectivity index (χ4n) is 1.96. The highest BCUT2D eigenvalue weighted by atomic mass is 35.5. The first-order valence-corrected chi connectivity index (χ1v) is 6.62. The van der Waals surface area contributed by atoms with Crippen molar-refractivity contribution in [1.29, 1.82) is 0 Å². The van der Waals surface area contributed by atoms with E-state index in [2.05, 4.69) is 5.32 Å². The van der Waals surface area contributed by atoms with Crippen LogP contribution in [-0.4, -0.2) is 49.1 Å². The number of morpholine rings is 1. The summed E-state index contributed by atoms with van der Waals surface area (Å²) in [5, 5.41) is 2.69. The largest absolute Gasteiger partial charge is 0.378 e. The SMILES string of the molecule is C[C@H](N)C(=O)Nc1ccccc1C(=O)N1CCOCC1.Cl. The molecule has 7 heteroatoms. The molecule has 0 radical (unpaired) electrons. The smallest absolute Gasteiger partial charge is 0.256 e. The summed E-state index contributed by atoms with van der Waals surface area (Å²) in [7, 11) is 0. The second kappa shape index (κ2) is 7.97. The zero-order valence-electron chi connectivity index (χ0n) is 11.9. The average Bonchev–Trinajstić information content (AvgIpc) is 2.48. The topological polar surface area (TPSA) is 84.7 Å². The molecular weight excluding hydrogens is 294 g/mol. The molecular formula is C14H20ClN3O3. The van der Waals surface area contributed by atoms with Gasteiger partial charge in [0.2, 0.25) is 5.91 Å². The molecule has 1 saturated heterocycles. The number of carbonyl (C=O) groups excluding carboxylic acids is 2. The van der Waals surface area contributed by atoms with Gasteiger partial charge in [0, 0.05) is 13.1 Å². The summed E-state index contributed by atoms with van der Waals surface area (Å²) < 4.78 is 5.23. The van der Waals surface area contributed by atoms with Gasteiger partial charge in [-0.1, -0.05) is 12.1 Å². The van der Waals surface area contributed by atoms with E-state index in [0.717, 1.165) is 0 Å². The minimum atomic E-state index is -0.624. The number of nitrogens with one attached hydrogen (secondary N) is 1. The second-order valence-electron chi connectivity index (χ2n) is 4.73. The van der Waals surface area contributed by atoms with Gasteiger partial charge in [-0.3, -0.25) is 9.59 Å². The fraction of sp³-hybridized carbons (Fsp3) is 0.429. The van der Waals surface area contributed by atoms with Gasteiger partial charge in [0.25, 0.3) is 5.91 Å². The molecule has 1 fully saturated rings. The number of nitrogens with two attached hydrogens (primary N) is 1. The quantitative estimate of drug-likeness (QED) is 0.867. The number of benzene rings is 1. The highest BCUT2D eigenvalue weighted by Crippen LogP contribution is 2.18. The van der Waals surface area contributed by atoms with Crippen molar-refractivity contribution in [3.05, 3.63) is 29.8 Å². The predicted octanol–water partition coefficient (Wildman–Crippen LogP) is 0.866. The zero-order chi connectivity index (χ0) is 14.5. The van der Waals surface area contributed by atoms with Crippen LogP contribution >= 0.6 is 12.4 Å². The molecule has 2 rings (SSSR count). The van der Waals surface area contributed by atoms with Crippen LogP contribution in [0.1, 0.15) is 17.3 Å². The summed E-state index contributed by atoms with van der Waals surface area (Å²) in [5.74, 6) is -0.416. The minimum Gasteiger partial charge on any atom is -0.378 e. The van der Waals surface area contributed by atoms with Gasteiger partial charge in [-0.05, 0) is 19.1 Å². The number of anilines is 1. The number of carbonyl (C=O) groups is 2. The Kier molecular flexibility index (Phi) is 6.61. The minimum absolute atomic E-state index is 0. The van der Waals surface area contributed by atoms with Crippen molar-refractivity contribution in [2.45, 2.75) is 13.0 Å². The lowest BCUT2D eigenvalue weighted by Crippen LogP contribution is -2.41. The molecule has 116 valence electrons. The molecule has 1 aromatic rings. The van der Waals surface area contributed by atoms with E-state index in [1.807, 2.05) is 0 Å². The van der Waals surface area contributed by atoms with Gasteiger partial charge < -0.3 is 20.7 Å². The molecule has 0 aromatic heterocycles. The van der Waals surface area contributed by atoms with E-state index in [0.29, 0.717) is 37.6 Å². The molecule has 0 aliphatic carbocycles. The number of amides is 2. The normalized spacial score (nSPS) is 15.8. The molecule has 3 N–H and O–H groups in total. The Hall–Kier alpha value is -1.63. The van der Waals surface area contributed by atoms with Gasteiger partial charge in [0.15, 0.2) is 0 Å². The lowest BCUT2D eigenvalue weighted by molar-refractivity contribution is -0.117. The Labute approximate surface area is 130 Å². The van der Waals surface area contributed by atoms with Crippen molar-refractivity contribution in [1.82, 2.24) is 4.90 Å². The van der Waals surface area contributed by atoms with Crippen LogP contribution in [0.15, 0.2) is 24.3 Å². The van der Waals surface area contributed by atoms with E-state index in [1.54, 1.807) is 36.1 Å². The average molecular weight is 314 g/mol. The van der Waals surface area contributed by atoms with Crippen LogP contribution < -0.4 is 11.1 Å². The summed E-state index contributed by atoms with van der Waals surface area (Å²) in [6.45, 7) is 3.81. The summed E-state index contributed by atoms with van der Waals surface area (Å²) in [6, 6.07) is 6.33. The van der Waals surface area contributed by atoms with E-state index < -0.39 is 6.04 Å². The molecule has 1 heterocycles. The van der Waals surface area contributed by atoms with Crippen molar-refractivity contribution < 1.29 is 14.3 Å². The van der Waals surface area contributed by atoms with Crippen molar-refractivity contribution >= 4 is 29.9 Å². The number of rotatable bonds is 3. The van der Waals surface area contributed by atoms with Crippen molar-refractivity contribution in [2.24, 2.45) is 5.73 Å². The monoisotopic (exact) mass is 313 g/mol.